The SMILES string of the molecule is CN(C)c1cccc(C(=O)NNC(=O)COc2ccc(I)cc2)c1. The Balaban J connectivity index is 1.81. The molecule has 2 rings (SSSR count). The fraction of sp³-hybridized carbons (Fsp3) is 0.176. The number of ether oxygens (including phenoxy) is 1. The first-order valence-corrected chi connectivity index (χ1v) is 8.28. The normalized spacial score (nSPS) is 9.96. The van der Waals surface area contributed by atoms with Crippen molar-refractivity contribution in [3.63, 3.8) is 0 Å². The molecule has 0 aliphatic heterocycles. The lowest BCUT2D eigenvalue weighted by atomic mass is 10.2. The van der Waals surface area contributed by atoms with Gasteiger partial charge in [-0.1, -0.05) is 6.07 Å². The highest BCUT2D eigenvalue weighted by Crippen LogP contribution is 2.14. The number of hydrogen-bond donors (Lipinski definition) is 2. The lowest BCUT2D eigenvalue weighted by Gasteiger charge is -2.13. The number of hydrazine groups is 1. The van der Waals surface area contributed by atoms with Crippen LogP contribution in [0.4, 0.5) is 5.69 Å². The summed E-state index contributed by atoms with van der Waals surface area (Å²) in [6, 6.07) is 14.4. The van der Waals surface area contributed by atoms with E-state index in [2.05, 4.69) is 33.4 Å². The van der Waals surface area contributed by atoms with E-state index in [4.69, 9.17) is 4.74 Å². The van der Waals surface area contributed by atoms with E-state index in [0.717, 1.165) is 9.26 Å². The summed E-state index contributed by atoms with van der Waals surface area (Å²) in [5.41, 5.74) is 6.06. The first-order chi connectivity index (χ1) is 11.5. The molecule has 126 valence electrons. The van der Waals surface area contributed by atoms with Crippen molar-refractivity contribution < 1.29 is 14.3 Å². The molecule has 6 nitrogen and oxygen atoms in total. The number of carbonyl (C=O) groups is 2. The van der Waals surface area contributed by atoms with Gasteiger partial charge in [-0.15, -0.1) is 0 Å². The zero-order valence-corrected chi connectivity index (χ0v) is 15.5. The first-order valence-electron chi connectivity index (χ1n) is 7.20. The molecule has 0 aliphatic carbocycles. The van der Waals surface area contributed by atoms with E-state index in [1.54, 1.807) is 30.3 Å². The van der Waals surface area contributed by atoms with Gasteiger partial charge in [-0.05, 0) is 65.1 Å². The van der Waals surface area contributed by atoms with Gasteiger partial charge in [0.2, 0.25) is 0 Å². The highest BCUT2D eigenvalue weighted by atomic mass is 127. The lowest BCUT2D eigenvalue weighted by molar-refractivity contribution is -0.123. The van der Waals surface area contributed by atoms with E-state index in [1.807, 2.05) is 37.2 Å². The second-order valence-corrected chi connectivity index (χ2v) is 6.44. The quantitative estimate of drug-likeness (QED) is 0.554. The van der Waals surface area contributed by atoms with Gasteiger partial charge in [0, 0.05) is 28.9 Å². The summed E-state index contributed by atoms with van der Waals surface area (Å²) in [6.07, 6.45) is 0. The molecule has 2 amide bonds. The third-order valence-electron chi connectivity index (χ3n) is 3.12. The van der Waals surface area contributed by atoms with Crippen molar-refractivity contribution in [2.24, 2.45) is 0 Å². The van der Waals surface area contributed by atoms with E-state index < -0.39 is 5.91 Å². The van der Waals surface area contributed by atoms with Gasteiger partial charge in [0.1, 0.15) is 5.75 Å². The topological polar surface area (TPSA) is 70.7 Å². The molecule has 0 bridgehead atoms. The number of rotatable bonds is 5. The summed E-state index contributed by atoms with van der Waals surface area (Å²) in [7, 11) is 3.78. The van der Waals surface area contributed by atoms with Crippen molar-refractivity contribution in [2.75, 3.05) is 25.6 Å². The van der Waals surface area contributed by atoms with Crippen LogP contribution in [0.5, 0.6) is 5.75 Å². The molecule has 0 saturated heterocycles. The van der Waals surface area contributed by atoms with Crippen LogP contribution in [-0.2, 0) is 4.79 Å². The minimum atomic E-state index is -0.439. The molecule has 0 spiro atoms. The molecule has 0 radical (unpaired) electrons. The van der Waals surface area contributed by atoms with E-state index in [9.17, 15) is 9.59 Å². The van der Waals surface area contributed by atoms with Gasteiger partial charge in [0.05, 0.1) is 0 Å². The smallest absolute Gasteiger partial charge is 0.276 e. The van der Waals surface area contributed by atoms with Crippen LogP contribution in [0, 0.1) is 3.57 Å². The van der Waals surface area contributed by atoms with Crippen molar-refractivity contribution >= 4 is 40.1 Å². The fourth-order valence-corrected chi connectivity index (χ4v) is 2.20. The third-order valence-corrected chi connectivity index (χ3v) is 3.84. The number of nitrogens with one attached hydrogen (secondary N) is 2. The number of carbonyl (C=O) groups excluding carboxylic acids is 2. The van der Waals surface area contributed by atoms with Gasteiger partial charge in [-0.25, -0.2) is 0 Å². The molecule has 7 heteroatoms. The van der Waals surface area contributed by atoms with Crippen molar-refractivity contribution in [1.29, 1.82) is 0 Å². The Morgan fingerprint density at radius 1 is 1.08 bits per heavy atom. The number of benzene rings is 2. The summed E-state index contributed by atoms with van der Waals surface area (Å²) in [6.45, 7) is -0.182. The average Bonchev–Trinajstić information content (AvgIpc) is 2.59. The standard InChI is InChI=1S/C17H18IN3O3/c1-21(2)14-5-3-4-12(10-14)17(23)20-19-16(22)11-24-15-8-6-13(18)7-9-15/h3-10H,11H2,1-2H3,(H,19,22)(H,20,23). The average molecular weight is 439 g/mol. The largest absolute Gasteiger partial charge is 0.484 e. The lowest BCUT2D eigenvalue weighted by Crippen LogP contribution is -2.43. The molecule has 2 aromatic rings. The maximum Gasteiger partial charge on any atom is 0.276 e. The van der Waals surface area contributed by atoms with Crippen LogP contribution in [0.25, 0.3) is 0 Å². The minimum Gasteiger partial charge on any atom is -0.484 e. The van der Waals surface area contributed by atoms with Crippen LogP contribution in [-0.4, -0.2) is 32.5 Å². The van der Waals surface area contributed by atoms with Crippen LogP contribution < -0.4 is 20.5 Å². The van der Waals surface area contributed by atoms with Gasteiger partial charge < -0.3 is 9.64 Å². The Hall–Kier alpha value is -2.29. The summed E-state index contributed by atoms with van der Waals surface area (Å²) in [5, 5.41) is 0. The van der Waals surface area contributed by atoms with Gasteiger partial charge in [0.25, 0.3) is 11.8 Å². The second kappa shape index (κ2) is 8.53. The van der Waals surface area contributed by atoms with Crippen LogP contribution in [0.3, 0.4) is 0 Å². The van der Waals surface area contributed by atoms with Crippen LogP contribution >= 0.6 is 22.6 Å². The highest BCUT2D eigenvalue weighted by Gasteiger charge is 2.09. The number of anilines is 1. The Labute approximate surface area is 154 Å². The highest BCUT2D eigenvalue weighted by molar-refractivity contribution is 14.1. The van der Waals surface area contributed by atoms with Gasteiger partial charge in [-0.2, -0.15) is 0 Å². The molecular weight excluding hydrogens is 421 g/mol. The molecule has 2 N–H and O–H groups in total. The molecule has 0 atom stereocenters. The minimum absolute atomic E-state index is 0.182. The molecule has 0 saturated carbocycles. The zero-order valence-electron chi connectivity index (χ0n) is 13.4. The predicted octanol–water partition coefficient (Wildman–Crippen LogP) is 2.20. The Morgan fingerprint density at radius 3 is 2.46 bits per heavy atom. The van der Waals surface area contributed by atoms with Crippen LogP contribution in [0.15, 0.2) is 48.5 Å². The van der Waals surface area contributed by atoms with E-state index >= 15 is 0 Å². The Kier molecular flexibility index (Phi) is 6.42. The summed E-state index contributed by atoms with van der Waals surface area (Å²) in [5.74, 6) is -0.234. The molecule has 0 heterocycles. The van der Waals surface area contributed by atoms with Crippen molar-refractivity contribution in [1.82, 2.24) is 10.9 Å². The fourth-order valence-electron chi connectivity index (χ4n) is 1.84. The Morgan fingerprint density at radius 2 is 1.79 bits per heavy atom. The van der Waals surface area contributed by atoms with Gasteiger partial charge >= 0.3 is 0 Å². The van der Waals surface area contributed by atoms with Crippen molar-refractivity contribution in [3.8, 4) is 5.75 Å². The monoisotopic (exact) mass is 439 g/mol. The number of nitrogens with zero attached hydrogens (tertiary/aromatic N) is 1. The summed E-state index contributed by atoms with van der Waals surface area (Å²) < 4.78 is 6.42. The predicted molar refractivity (Wildman–Crippen MR) is 101 cm³/mol. The molecular formula is C17H18IN3O3. The molecule has 0 unspecified atom stereocenters. The first kappa shape index (κ1) is 18.1. The third kappa shape index (κ3) is 5.41. The maximum absolute atomic E-state index is 12.0. The van der Waals surface area contributed by atoms with E-state index in [1.165, 1.54) is 0 Å². The van der Waals surface area contributed by atoms with Gasteiger partial charge in [0.15, 0.2) is 6.61 Å². The summed E-state index contributed by atoms with van der Waals surface area (Å²) >= 11 is 2.19. The molecule has 0 aliphatic rings. The molecule has 24 heavy (non-hydrogen) atoms. The number of amides is 2. The van der Waals surface area contributed by atoms with Crippen molar-refractivity contribution in [2.45, 2.75) is 0 Å². The molecule has 2 aromatic carbocycles. The second-order valence-electron chi connectivity index (χ2n) is 5.19. The molecule has 0 fully saturated rings. The van der Waals surface area contributed by atoms with Crippen LogP contribution in [0.2, 0.25) is 0 Å². The van der Waals surface area contributed by atoms with Crippen molar-refractivity contribution in [3.05, 3.63) is 57.7 Å². The number of halogens is 1. The van der Waals surface area contributed by atoms with E-state index in [0.29, 0.717) is 11.3 Å². The number of hydrogen-bond acceptors (Lipinski definition) is 4. The Bertz CT molecular complexity index is 717. The van der Waals surface area contributed by atoms with E-state index in [-0.39, 0.29) is 12.5 Å². The van der Waals surface area contributed by atoms with Gasteiger partial charge in [-0.3, -0.25) is 20.4 Å². The zero-order chi connectivity index (χ0) is 17.5. The molecule has 0 aromatic heterocycles. The van der Waals surface area contributed by atoms with Crippen LogP contribution in [0.1, 0.15) is 10.4 Å². The maximum atomic E-state index is 12.0. The summed E-state index contributed by atoms with van der Waals surface area (Å²) in [4.78, 5) is 25.7.